The molecule has 2 rings (SSSR count). The van der Waals surface area contributed by atoms with Crippen molar-refractivity contribution in [2.75, 3.05) is 25.5 Å². The van der Waals surface area contributed by atoms with Gasteiger partial charge < -0.3 is 15.4 Å². The molecule has 1 fully saturated rings. The second-order valence-corrected chi connectivity index (χ2v) is 4.44. The molecule has 2 N–H and O–H groups in total. The molecule has 1 aromatic carbocycles. The van der Waals surface area contributed by atoms with Gasteiger partial charge in [0.15, 0.2) is 0 Å². The van der Waals surface area contributed by atoms with Crippen molar-refractivity contribution in [2.24, 2.45) is 0 Å². The molecule has 4 heteroatoms. The highest BCUT2D eigenvalue weighted by Crippen LogP contribution is 2.27. The van der Waals surface area contributed by atoms with Crippen LogP contribution in [0.5, 0.6) is 5.75 Å². The zero-order chi connectivity index (χ0) is 11.4. The van der Waals surface area contributed by atoms with Gasteiger partial charge in [-0.15, -0.1) is 0 Å². The molecule has 1 aliphatic carbocycles. The summed E-state index contributed by atoms with van der Waals surface area (Å²) < 4.78 is 5.25. The largest absolute Gasteiger partial charge is 0.495 e. The summed E-state index contributed by atoms with van der Waals surface area (Å²) in [6.07, 6.45) is 2.64. The summed E-state index contributed by atoms with van der Waals surface area (Å²) >= 11 is 5.94. The third-order valence-electron chi connectivity index (χ3n) is 2.61. The number of halogens is 1. The van der Waals surface area contributed by atoms with Gasteiger partial charge in [0.1, 0.15) is 5.75 Å². The molecule has 0 spiro atoms. The van der Waals surface area contributed by atoms with Gasteiger partial charge in [-0.2, -0.15) is 0 Å². The van der Waals surface area contributed by atoms with Gasteiger partial charge in [0.25, 0.3) is 0 Å². The molecule has 0 radical (unpaired) electrons. The van der Waals surface area contributed by atoms with Gasteiger partial charge in [-0.1, -0.05) is 11.6 Å². The lowest BCUT2D eigenvalue weighted by Gasteiger charge is -2.11. The van der Waals surface area contributed by atoms with Crippen molar-refractivity contribution < 1.29 is 4.74 Å². The number of anilines is 1. The summed E-state index contributed by atoms with van der Waals surface area (Å²) in [6, 6.07) is 6.34. The van der Waals surface area contributed by atoms with Crippen molar-refractivity contribution in [3.63, 3.8) is 0 Å². The van der Waals surface area contributed by atoms with Crippen LogP contribution < -0.4 is 15.4 Å². The molecule has 0 atom stereocenters. The molecule has 1 saturated carbocycles. The van der Waals surface area contributed by atoms with Crippen LogP contribution in [0, 0.1) is 0 Å². The molecule has 0 heterocycles. The molecule has 0 saturated heterocycles. The van der Waals surface area contributed by atoms with Crippen LogP contribution in [0.25, 0.3) is 0 Å². The lowest BCUT2D eigenvalue weighted by atomic mass is 10.3. The van der Waals surface area contributed by atoms with E-state index in [1.807, 2.05) is 18.2 Å². The number of methoxy groups -OCH3 is 1. The van der Waals surface area contributed by atoms with Crippen LogP contribution in [0.4, 0.5) is 5.69 Å². The van der Waals surface area contributed by atoms with Gasteiger partial charge in [0.2, 0.25) is 0 Å². The number of rotatable bonds is 6. The second kappa shape index (κ2) is 5.41. The maximum absolute atomic E-state index is 5.94. The first-order chi connectivity index (χ1) is 7.79. The first kappa shape index (κ1) is 11.6. The molecule has 0 unspecified atom stereocenters. The van der Waals surface area contributed by atoms with Gasteiger partial charge in [0, 0.05) is 24.2 Å². The third-order valence-corrected chi connectivity index (χ3v) is 2.85. The molecule has 0 aromatic heterocycles. The molecule has 1 aromatic rings. The highest BCUT2D eigenvalue weighted by atomic mass is 35.5. The van der Waals surface area contributed by atoms with Crippen molar-refractivity contribution in [2.45, 2.75) is 18.9 Å². The van der Waals surface area contributed by atoms with E-state index in [0.29, 0.717) is 0 Å². The number of hydrogen-bond acceptors (Lipinski definition) is 3. The predicted molar refractivity (Wildman–Crippen MR) is 67.5 cm³/mol. The Kier molecular flexibility index (Phi) is 3.91. The van der Waals surface area contributed by atoms with Gasteiger partial charge in [-0.25, -0.2) is 0 Å². The fourth-order valence-corrected chi connectivity index (χ4v) is 1.75. The van der Waals surface area contributed by atoms with Crippen molar-refractivity contribution in [3.05, 3.63) is 23.2 Å². The highest BCUT2D eigenvalue weighted by Gasteiger charge is 2.19. The summed E-state index contributed by atoms with van der Waals surface area (Å²) in [4.78, 5) is 0. The Morgan fingerprint density at radius 2 is 2.19 bits per heavy atom. The number of benzene rings is 1. The van der Waals surface area contributed by atoms with Crippen LogP contribution in [0.1, 0.15) is 12.8 Å². The molecule has 1 aliphatic rings. The molecule has 0 aliphatic heterocycles. The van der Waals surface area contributed by atoms with E-state index < -0.39 is 0 Å². The minimum Gasteiger partial charge on any atom is -0.495 e. The van der Waals surface area contributed by atoms with Crippen LogP contribution in [0.3, 0.4) is 0 Å². The fraction of sp³-hybridized carbons (Fsp3) is 0.500. The van der Waals surface area contributed by atoms with E-state index in [4.69, 9.17) is 16.3 Å². The minimum atomic E-state index is 0.721. The lowest BCUT2D eigenvalue weighted by Crippen LogP contribution is -2.24. The Labute approximate surface area is 101 Å². The highest BCUT2D eigenvalue weighted by molar-refractivity contribution is 6.30. The molecular formula is C12H17ClN2O. The Hall–Kier alpha value is -0.930. The molecule has 16 heavy (non-hydrogen) atoms. The van der Waals surface area contributed by atoms with Crippen LogP contribution >= 0.6 is 11.6 Å². The van der Waals surface area contributed by atoms with Gasteiger partial charge in [-0.05, 0) is 31.0 Å². The van der Waals surface area contributed by atoms with Crippen LogP contribution in [0.15, 0.2) is 18.2 Å². The van der Waals surface area contributed by atoms with Crippen LogP contribution in [0.2, 0.25) is 5.02 Å². The van der Waals surface area contributed by atoms with Crippen LogP contribution in [-0.4, -0.2) is 26.2 Å². The van der Waals surface area contributed by atoms with E-state index in [-0.39, 0.29) is 0 Å². The summed E-state index contributed by atoms with van der Waals surface area (Å²) in [6.45, 7) is 1.85. The Balaban J connectivity index is 1.83. The zero-order valence-electron chi connectivity index (χ0n) is 9.42. The summed E-state index contributed by atoms with van der Waals surface area (Å²) in [5.41, 5.74) is 0.951. The van der Waals surface area contributed by atoms with Gasteiger partial charge in [-0.3, -0.25) is 0 Å². The van der Waals surface area contributed by atoms with Gasteiger partial charge >= 0.3 is 0 Å². The average molecular weight is 241 g/mol. The number of nitrogens with one attached hydrogen (secondary N) is 2. The molecule has 88 valence electrons. The SMILES string of the molecule is COc1ccc(Cl)cc1NCCNC1CC1. The first-order valence-electron chi connectivity index (χ1n) is 5.60. The van der Waals surface area contributed by atoms with E-state index >= 15 is 0 Å². The summed E-state index contributed by atoms with van der Waals surface area (Å²) in [7, 11) is 1.66. The van der Waals surface area contributed by atoms with Crippen molar-refractivity contribution in [1.82, 2.24) is 5.32 Å². The minimum absolute atomic E-state index is 0.721. The van der Waals surface area contributed by atoms with Crippen molar-refractivity contribution >= 4 is 17.3 Å². The van der Waals surface area contributed by atoms with E-state index in [1.165, 1.54) is 12.8 Å². The normalized spacial score (nSPS) is 14.9. The molecular weight excluding hydrogens is 224 g/mol. The average Bonchev–Trinajstić information content (AvgIpc) is 3.08. The zero-order valence-corrected chi connectivity index (χ0v) is 10.2. The maximum atomic E-state index is 5.94. The monoisotopic (exact) mass is 240 g/mol. The lowest BCUT2D eigenvalue weighted by molar-refractivity contribution is 0.416. The topological polar surface area (TPSA) is 33.3 Å². The smallest absolute Gasteiger partial charge is 0.142 e. The van der Waals surface area contributed by atoms with E-state index in [9.17, 15) is 0 Å². The Morgan fingerprint density at radius 3 is 2.88 bits per heavy atom. The quantitative estimate of drug-likeness (QED) is 0.750. The van der Waals surface area contributed by atoms with Crippen molar-refractivity contribution in [1.29, 1.82) is 0 Å². The molecule has 0 bridgehead atoms. The summed E-state index contributed by atoms with van der Waals surface area (Å²) in [5, 5.41) is 7.48. The van der Waals surface area contributed by atoms with Crippen LogP contribution in [-0.2, 0) is 0 Å². The Bertz CT molecular complexity index is 353. The number of ether oxygens (including phenoxy) is 1. The first-order valence-corrected chi connectivity index (χ1v) is 5.98. The van der Waals surface area contributed by atoms with E-state index in [2.05, 4.69) is 10.6 Å². The predicted octanol–water partition coefficient (Wildman–Crippen LogP) is 2.51. The molecule has 0 amide bonds. The Morgan fingerprint density at radius 1 is 1.38 bits per heavy atom. The second-order valence-electron chi connectivity index (χ2n) is 4.00. The molecule has 3 nitrogen and oxygen atoms in total. The van der Waals surface area contributed by atoms with E-state index in [0.717, 1.165) is 35.6 Å². The fourth-order valence-electron chi connectivity index (χ4n) is 1.58. The van der Waals surface area contributed by atoms with E-state index in [1.54, 1.807) is 7.11 Å². The van der Waals surface area contributed by atoms with Crippen molar-refractivity contribution in [3.8, 4) is 5.75 Å². The number of hydrogen-bond donors (Lipinski definition) is 2. The van der Waals surface area contributed by atoms with Gasteiger partial charge in [0.05, 0.1) is 12.8 Å². The third kappa shape index (κ3) is 3.29. The maximum Gasteiger partial charge on any atom is 0.142 e. The summed E-state index contributed by atoms with van der Waals surface area (Å²) in [5.74, 6) is 0.829. The standard InChI is InChI=1S/C12H17ClN2O/c1-16-12-5-2-9(13)8-11(12)15-7-6-14-10-3-4-10/h2,5,8,10,14-15H,3-4,6-7H2,1H3.